The summed E-state index contributed by atoms with van der Waals surface area (Å²) in [6.07, 6.45) is 5.10. The lowest BCUT2D eigenvalue weighted by molar-refractivity contribution is -0.0642. The third-order valence-corrected chi connectivity index (χ3v) is 5.27. The molecule has 106 valence electrons. The highest BCUT2D eigenvalue weighted by molar-refractivity contribution is 5.02. The summed E-state index contributed by atoms with van der Waals surface area (Å²) in [5.41, 5.74) is 0.476. The molecule has 1 aliphatic carbocycles. The number of likely N-dealkylation sites (tertiary alicyclic amines) is 1. The van der Waals surface area contributed by atoms with Crippen LogP contribution >= 0.6 is 0 Å². The molecule has 0 aromatic rings. The molecule has 3 nitrogen and oxygen atoms in total. The monoisotopic (exact) mass is 254 g/mol. The van der Waals surface area contributed by atoms with Crippen molar-refractivity contribution in [2.24, 2.45) is 5.41 Å². The molecule has 1 N–H and O–H groups in total. The average molecular weight is 254 g/mol. The van der Waals surface area contributed by atoms with Crippen molar-refractivity contribution in [3.8, 4) is 0 Å². The van der Waals surface area contributed by atoms with Crippen molar-refractivity contribution in [3.05, 3.63) is 0 Å². The van der Waals surface area contributed by atoms with Crippen molar-refractivity contribution in [2.75, 3.05) is 27.2 Å². The SMILES string of the molecule is CNC1C(N2CCCC(C)(OC)C2)CCC1(C)C. The van der Waals surface area contributed by atoms with Crippen molar-refractivity contribution < 1.29 is 4.74 Å². The Kier molecular flexibility index (Phi) is 4.05. The minimum atomic E-state index is 0.0588. The van der Waals surface area contributed by atoms with E-state index in [1.807, 2.05) is 7.11 Å². The van der Waals surface area contributed by atoms with E-state index in [1.54, 1.807) is 0 Å². The fourth-order valence-electron chi connectivity index (χ4n) is 4.03. The average Bonchev–Trinajstić information content (AvgIpc) is 2.64. The number of nitrogens with one attached hydrogen (secondary N) is 1. The van der Waals surface area contributed by atoms with E-state index >= 15 is 0 Å². The number of piperidine rings is 1. The highest BCUT2D eigenvalue weighted by atomic mass is 16.5. The Hall–Kier alpha value is -0.120. The van der Waals surface area contributed by atoms with Crippen LogP contribution in [-0.2, 0) is 4.74 Å². The van der Waals surface area contributed by atoms with Gasteiger partial charge in [0.05, 0.1) is 5.60 Å². The second-order valence-corrected chi connectivity index (χ2v) is 7.09. The van der Waals surface area contributed by atoms with Crippen LogP contribution in [0, 0.1) is 5.41 Å². The number of methoxy groups -OCH3 is 1. The zero-order valence-electron chi connectivity index (χ0n) is 12.8. The Balaban J connectivity index is 2.07. The van der Waals surface area contributed by atoms with Gasteiger partial charge in [-0.15, -0.1) is 0 Å². The van der Waals surface area contributed by atoms with Gasteiger partial charge in [0.2, 0.25) is 0 Å². The van der Waals surface area contributed by atoms with Gasteiger partial charge < -0.3 is 10.1 Å². The predicted octanol–water partition coefficient (Wildman–Crippen LogP) is 2.26. The molecule has 3 atom stereocenters. The maximum atomic E-state index is 5.73. The first-order valence-electron chi connectivity index (χ1n) is 7.38. The van der Waals surface area contributed by atoms with E-state index in [9.17, 15) is 0 Å². The van der Waals surface area contributed by atoms with E-state index in [2.05, 4.69) is 38.0 Å². The first-order chi connectivity index (χ1) is 8.42. The summed E-state index contributed by atoms with van der Waals surface area (Å²) >= 11 is 0. The second kappa shape index (κ2) is 5.10. The molecule has 2 rings (SSSR count). The van der Waals surface area contributed by atoms with Crippen LogP contribution < -0.4 is 5.32 Å². The van der Waals surface area contributed by atoms with Crippen LogP contribution in [-0.4, -0.2) is 49.8 Å². The predicted molar refractivity (Wildman–Crippen MR) is 75.9 cm³/mol. The van der Waals surface area contributed by atoms with Crippen LogP contribution in [0.2, 0.25) is 0 Å². The minimum Gasteiger partial charge on any atom is -0.377 e. The number of likely N-dealkylation sites (N-methyl/N-ethyl adjacent to an activating group) is 1. The third-order valence-electron chi connectivity index (χ3n) is 5.27. The Morgan fingerprint density at radius 3 is 2.56 bits per heavy atom. The van der Waals surface area contributed by atoms with Crippen LogP contribution in [0.3, 0.4) is 0 Å². The Morgan fingerprint density at radius 2 is 1.94 bits per heavy atom. The molecular formula is C15H30N2O. The second-order valence-electron chi connectivity index (χ2n) is 7.09. The van der Waals surface area contributed by atoms with Crippen LogP contribution in [0.4, 0.5) is 0 Å². The fraction of sp³-hybridized carbons (Fsp3) is 1.00. The molecule has 3 unspecified atom stereocenters. The van der Waals surface area contributed by atoms with Gasteiger partial charge in [0, 0.05) is 25.7 Å². The molecule has 2 aliphatic rings. The van der Waals surface area contributed by atoms with Gasteiger partial charge in [-0.2, -0.15) is 0 Å². The van der Waals surface area contributed by atoms with Gasteiger partial charge in [0.15, 0.2) is 0 Å². The lowest BCUT2D eigenvalue weighted by Gasteiger charge is -2.45. The van der Waals surface area contributed by atoms with Gasteiger partial charge in [0.25, 0.3) is 0 Å². The molecule has 18 heavy (non-hydrogen) atoms. The molecule has 0 aromatic heterocycles. The first kappa shape index (κ1) is 14.3. The molecule has 1 saturated carbocycles. The number of hydrogen-bond acceptors (Lipinski definition) is 3. The van der Waals surface area contributed by atoms with Gasteiger partial charge in [-0.1, -0.05) is 13.8 Å². The molecule has 0 amide bonds. The number of hydrogen-bond donors (Lipinski definition) is 1. The maximum absolute atomic E-state index is 5.73. The Morgan fingerprint density at radius 1 is 1.22 bits per heavy atom. The molecule has 0 bridgehead atoms. The summed E-state index contributed by atoms with van der Waals surface area (Å²) in [5.74, 6) is 0. The summed E-state index contributed by atoms with van der Waals surface area (Å²) in [6.45, 7) is 9.37. The Bertz CT molecular complexity index is 292. The van der Waals surface area contributed by atoms with Gasteiger partial charge >= 0.3 is 0 Å². The van der Waals surface area contributed by atoms with Crippen molar-refractivity contribution in [3.63, 3.8) is 0 Å². The van der Waals surface area contributed by atoms with E-state index in [0.29, 0.717) is 17.5 Å². The molecule has 1 aliphatic heterocycles. The van der Waals surface area contributed by atoms with Crippen molar-refractivity contribution in [2.45, 2.75) is 64.1 Å². The molecule has 2 fully saturated rings. The molecule has 1 saturated heterocycles. The minimum absolute atomic E-state index is 0.0588. The van der Waals surface area contributed by atoms with Gasteiger partial charge in [0.1, 0.15) is 0 Å². The zero-order valence-corrected chi connectivity index (χ0v) is 12.8. The van der Waals surface area contributed by atoms with Crippen molar-refractivity contribution in [1.82, 2.24) is 10.2 Å². The van der Waals surface area contributed by atoms with Crippen molar-refractivity contribution in [1.29, 1.82) is 0 Å². The number of nitrogens with zero attached hydrogens (tertiary/aromatic N) is 1. The summed E-state index contributed by atoms with van der Waals surface area (Å²) in [6, 6.07) is 1.29. The van der Waals surface area contributed by atoms with Crippen LogP contribution in [0.1, 0.15) is 46.5 Å². The van der Waals surface area contributed by atoms with E-state index in [-0.39, 0.29) is 5.60 Å². The van der Waals surface area contributed by atoms with E-state index < -0.39 is 0 Å². The van der Waals surface area contributed by atoms with E-state index in [4.69, 9.17) is 4.74 Å². The van der Waals surface area contributed by atoms with Crippen LogP contribution in [0.5, 0.6) is 0 Å². The van der Waals surface area contributed by atoms with Crippen LogP contribution in [0.25, 0.3) is 0 Å². The first-order valence-corrected chi connectivity index (χ1v) is 7.38. The smallest absolute Gasteiger partial charge is 0.0777 e. The lowest BCUT2D eigenvalue weighted by Crippen LogP contribution is -2.57. The highest BCUT2D eigenvalue weighted by Crippen LogP contribution is 2.41. The number of rotatable bonds is 3. The molecule has 0 spiro atoms. The van der Waals surface area contributed by atoms with E-state index in [1.165, 1.54) is 32.2 Å². The fourth-order valence-corrected chi connectivity index (χ4v) is 4.03. The zero-order chi connectivity index (χ0) is 13.4. The largest absolute Gasteiger partial charge is 0.377 e. The maximum Gasteiger partial charge on any atom is 0.0777 e. The quantitative estimate of drug-likeness (QED) is 0.836. The van der Waals surface area contributed by atoms with Gasteiger partial charge in [-0.25, -0.2) is 0 Å². The molecule has 0 aromatic carbocycles. The van der Waals surface area contributed by atoms with Crippen LogP contribution in [0.15, 0.2) is 0 Å². The summed E-state index contributed by atoms with van der Waals surface area (Å²) in [5, 5.41) is 3.56. The molecule has 0 radical (unpaired) electrons. The summed E-state index contributed by atoms with van der Waals surface area (Å²) in [7, 11) is 3.97. The van der Waals surface area contributed by atoms with Crippen molar-refractivity contribution >= 4 is 0 Å². The highest BCUT2D eigenvalue weighted by Gasteiger charge is 2.45. The Labute approximate surface area is 112 Å². The standard InChI is InChI=1S/C15H30N2O/c1-14(2)9-7-12(13(14)16-4)17-10-6-8-15(3,11-17)18-5/h12-13,16H,6-11H2,1-5H3. The topological polar surface area (TPSA) is 24.5 Å². The lowest BCUT2D eigenvalue weighted by atomic mass is 9.85. The molecule has 3 heteroatoms. The number of ether oxygens (including phenoxy) is 1. The van der Waals surface area contributed by atoms with Gasteiger partial charge in [-0.3, -0.25) is 4.90 Å². The third kappa shape index (κ3) is 2.59. The van der Waals surface area contributed by atoms with Gasteiger partial charge in [-0.05, 0) is 51.6 Å². The summed E-state index contributed by atoms with van der Waals surface area (Å²) < 4.78 is 5.73. The van der Waals surface area contributed by atoms with E-state index in [0.717, 1.165) is 6.54 Å². The summed E-state index contributed by atoms with van der Waals surface area (Å²) in [4.78, 5) is 2.67. The normalized spacial score (nSPS) is 41.2. The molecule has 1 heterocycles. The molecular weight excluding hydrogens is 224 g/mol.